The smallest absolute Gasteiger partial charge is 0.0401 e. The van der Waals surface area contributed by atoms with Gasteiger partial charge < -0.3 is 10.2 Å². The lowest BCUT2D eigenvalue weighted by atomic mass is 9.99. The van der Waals surface area contributed by atoms with E-state index >= 15 is 0 Å². The van der Waals surface area contributed by atoms with Gasteiger partial charge in [-0.05, 0) is 54.7 Å². The van der Waals surface area contributed by atoms with Crippen LogP contribution in [-0.4, -0.2) is 13.6 Å². The van der Waals surface area contributed by atoms with Crippen molar-refractivity contribution in [1.29, 1.82) is 0 Å². The fraction of sp³-hybridized carbons (Fsp3) is 0.333. The number of anilines is 2. The summed E-state index contributed by atoms with van der Waals surface area (Å²) < 4.78 is 1.11. The topological polar surface area (TPSA) is 15.3 Å². The molecule has 2 aromatic rings. The summed E-state index contributed by atoms with van der Waals surface area (Å²) in [6, 6.07) is 13.2. The zero-order valence-electron chi connectivity index (χ0n) is 12.6. The molecule has 0 saturated carbocycles. The highest BCUT2D eigenvalue weighted by molar-refractivity contribution is 9.10. The Balaban J connectivity index is 1.75. The molecule has 0 fully saturated rings. The van der Waals surface area contributed by atoms with Gasteiger partial charge in [0.15, 0.2) is 0 Å². The Hall–Kier alpha value is -1.48. The van der Waals surface area contributed by atoms with E-state index in [0.29, 0.717) is 0 Å². The number of rotatable bonds is 3. The van der Waals surface area contributed by atoms with Crippen LogP contribution in [0.25, 0.3) is 0 Å². The van der Waals surface area contributed by atoms with Gasteiger partial charge in [-0.3, -0.25) is 0 Å². The Morgan fingerprint density at radius 2 is 2.05 bits per heavy atom. The molecule has 0 saturated heterocycles. The minimum atomic E-state index is 0.869. The molecule has 0 atom stereocenters. The first-order valence-electron chi connectivity index (χ1n) is 7.46. The van der Waals surface area contributed by atoms with Crippen LogP contribution in [0.15, 0.2) is 40.9 Å². The quantitative estimate of drug-likeness (QED) is 0.863. The summed E-state index contributed by atoms with van der Waals surface area (Å²) in [5, 5.41) is 3.54. The summed E-state index contributed by atoms with van der Waals surface area (Å²) in [6.45, 7) is 4.17. The molecule has 0 radical (unpaired) electrons. The predicted molar refractivity (Wildman–Crippen MR) is 94.2 cm³/mol. The Labute approximate surface area is 135 Å². The van der Waals surface area contributed by atoms with Crippen molar-refractivity contribution < 1.29 is 0 Å². The van der Waals surface area contributed by atoms with E-state index in [0.717, 1.165) is 11.0 Å². The van der Waals surface area contributed by atoms with Crippen molar-refractivity contribution in [3.63, 3.8) is 0 Å². The lowest BCUT2D eigenvalue weighted by Crippen LogP contribution is -2.24. The number of aryl methyl sites for hydroxylation is 2. The number of fused-ring (bicyclic) bond motifs is 1. The highest BCUT2D eigenvalue weighted by atomic mass is 79.9. The maximum absolute atomic E-state index is 3.54. The molecule has 0 spiro atoms. The first kappa shape index (κ1) is 14.5. The van der Waals surface area contributed by atoms with Crippen molar-refractivity contribution >= 4 is 27.3 Å². The van der Waals surface area contributed by atoms with Gasteiger partial charge in [-0.25, -0.2) is 0 Å². The number of benzene rings is 2. The fourth-order valence-corrected chi connectivity index (χ4v) is 3.29. The minimum absolute atomic E-state index is 0.869. The van der Waals surface area contributed by atoms with Crippen LogP contribution < -0.4 is 10.2 Å². The van der Waals surface area contributed by atoms with E-state index in [9.17, 15) is 0 Å². The predicted octanol–water partition coefficient (Wildman–Crippen LogP) is 4.75. The van der Waals surface area contributed by atoms with Crippen molar-refractivity contribution in [2.45, 2.75) is 26.3 Å². The highest BCUT2D eigenvalue weighted by Gasteiger charge is 2.13. The van der Waals surface area contributed by atoms with Gasteiger partial charge in [0.2, 0.25) is 0 Å². The standard InChI is InChI=1S/C18H21BrN2/c1-13-5-7-16(19)11-17(13)20-12-14-6-8-18-15(10-14)4-3-9-21(18)2/h5-8,10-11,20H,3-4,9,12H2,1-2H3. The molecule has 110 valence electrons. The van der Waals surface area contributed by atoms with Crippen LogP contribution in [-0.2, 0) is 13.0 Å². The third-order valence-electron chi connectivity index (χ3n) is 4.18. The molecular formula is C18H21BrN2. The molecule has 0 unspecified atom stereocenters. The number of nitrogens with zero attached hydrogens (tertiary/aromatic N) is 1. The SMILES string of the molecule is Cc1ccc(Br)cc1NCc1ccc2c(c1)CCCN2C. The Bertz CT molecular complexity index is 652. The van der Waals surface area contributed by atoms with Crippen molar-refractivity contribution in [3.05, 3.63) is 57.6 Å². The average molecular weight is 345 g/mol. The van der Waals surface area contributed by atoms with Crippen molar-refractivity contribution in [3.8, 4) is 0 Å². The maximum atomic E-state index is 3.54. The Kier molecular flexibility index (Phi) is 4.20. The zero-order valence-corrected chi connectivity index (χ0v) is 14.2. The van der Waals surface area contributed by atoms with E-state index in [2.05, 4.69) is 76.5 Å². The molecule has 0 amide bonds. The van der Waals surface area contributed by atoms with Gasteiger partial charge in [-0.15, -0.1) is 0 Å². The van der Waals surface area contributed by atoms with Gasteiger partial charge >= 0.3 is 0 Å². The van der Waals surface area contributed by atoms with Crippen LogP contribution in [0, 0.1) is 6.92 Å². The zero-order chi connectivity index (χ0) is 14.8. The number of halogens is 1. The largest absolute Gasteiger partial charge is 0.381 e. The monoisotopic (exact) mass is 344 g/mol. The average Bonchev–Trinajstić information content (AvgIpc) is 2.48. The molecule has 1 N–H and O–H groups in total. The number of nitrogens with one attached hydrogen (secondary N) is 1. The van der Waals surface area contributed by atoms with E-state index in [1.807, 2.05) is 0 Å². The summed E-state index contributed by atoms with van der Waals surface area (Å²) >= 11 is 3.53. The van der Waals surface area contributed by atoms with E-state index < -0.39 is 0 Å². The Morgan fingerprint density at radius 3 is 2.90 bits per heavy atom. The third kappa shape index (κ3) is 3.24. The molecule has 1 aliphatic heterocycles. The first-order valence-corrected chi connectivity index (χ1v) is 8.26. The van der Waals surface area contributed by atoms with E-state index in [1.54, 1.807) is 0 Å². The minimum Gasteiger partial charge on any atom is -0.381 e. The highest BCUT2D eigenvalue weighted by Crippen LogP contribution is 2.27. The van der Waals surface area contributed by atoms with Gasteiger partial charge in [0.05, 0.1) is 0 Å². The molecule has 3 heteroatoms. The lowest BCUT2D eigenvalue weighted by molar-refractivity contribution is 0.743. The summed E-state index contributed by atoms with van der Waals surface area (Å²) in [5.41, 5.74) is 6.69. The lowest BCUT2D eigenvalue weighted by Gasteiger charge is -2.28. The van der Waals surface area contributed by atoms with Gasteiger partial charge in [-0.2, -0.15) is 0 Å². The second-order valence-electron chi connectivity index (χ2n) is 5.80. The van der Waals surface area contributed by atoms with Gasteiger partial charge in [0.25, 0.3) is 0 Å². The van der Waals surface area contributed by atoms with Crippen molar-refractivity contribution in [1.82, 2.24) is 0 Å². The molecule has 1 aliphatic rings. The number of hydrogen-bond acceptors (Lipinski definition) is 2. The van der Waals surface area contributed by atoms with Crippen molar-refractivity contribution in [2.24, 2.45) is 0 Å². The maximum Gasteiger partial charge on any atom is 0.0401 e. The molecule has 21 heavy (non-hydrogen) atoms. The van der Waals surface area contributed by atoms with Crippen LogP contribution >= 0.6 is 15.9 Å². The van der Waals surface area contributed by atoms with Crippen LogP contribution in [0.4, 0.5) is 11.4 Å². The van der Waals surface area contributed by atoms with E-state index in [-0.39, 0.29) is 0 Å². The first-order chi connectivity index (χ1) is 10.1. The normalized spacial score (nSPS) is 14.0. The molecule has 0 bridgehead atoms. The molecule has 1 heterocycles. The third-order valence-corrected chi connectivity index (χ3v) is 4.67. The molecule has 0 aliphatic carbocycles. The summed E-state index contributed by atoms with van der Waals surface area (Å²) in [7, 11) is 2.18. The van der Waals surface area contributed by atoms with Gasteiger partial charge in [0, 0.05) is 36.0 Å². The van der Waals surface area contributed by atoms with Gasteiger partial charge in [-0.1, -0.05) is 34.1 Å². The second kappa shape index (κ2) is 6.10. The molecule has 2 aromatic carbocycles. The van der Waals surface area contributed by atoms with Crippen LogP contribution in [0.5, 0.6) is 0 Å². The van der Waals surface area contributed by atoms with E-state index in [1.165, 1.54) is 47.5 Å². The van der Waals surface area contributed by atoms with Crippen LogP contribution in [0.1, 0.15) is 23.1 Å². The molecule has 0 aromatic heterocycles. The summed E-state index contributed by atoms with van der Waals surface area (Å²) in [5.74, 6) is 0. The van der Waals surface area contributed by atoms with Crippen LogP contribution in [0.3, 0.4) is 0 Å². The second-order valence-corrected chi connectivity index (χ2v) is 6.72. The molecule has 3 rings (SSSR count). The molecular weight excluding hydrogens is 324 g/mol. The molecule has 2 nitrogen and oxygen atoms in total. The summed E-state index contributed by atoms with van der Waals surface area (Å²) in [6.07, 6.45) is 2.45. The van der Waals surface area contributed by atoms with Gasteiger partial charge in [0.1, 0.15) is 0 Å². The van der Waals surface area contributed by atoms with E-state index in [4.69, 9.17) is 0 Å². The summed E-state index contributed by atoms with van der Waals surface area (Å²) in [4.78, 5) is 2.36. The van der Waals surface area contributed by atoms with Crippen LogP contribution in [0.2, 0.25) is 0 Å². The number of hydrogen-bond donors (Lipinski definition) is 1. The van der Waals surface area contributed by atoms with Crippen molar-refractivity contribution in [2.75, 3.05) is 23.8 Å². The Morgan fingerprint density at radius 1 is 1.19 bits per heavy atom. The fourth-order valence-electron chi connectivity index (χ4n) is 2.93.